The zero-order valence-corrected chi connectivity index (χ0v) is 36.8. The second-order valence-electron chi connectivity index (χ2n) is 17.9. The van der Waals surface area contributed by atoms with Gasteiger partial charge < -0.3 is 105 Å². The van der Waals surface area contributed by atoms with Gasteiger partial charge in [-0.25, -0.2) is 14.4 Å². The van der Waals surface area contributed by atoms with E-state index in [9.17, 15) is 95.8 Å². The van der Waals surface area contributed by atoms with Crippen molar-refractivity contribution in [1.29, 1.82) is 0 Å². The Hall–Kier alpha value is -9.69. The molecule has 382 valence electrons. The molecule has 5 aromatic carbocycles. The van der Waals surface area contributed by atoms with Crippen LogP contribution in [0, 0.1) is 5.92 Å². The van der Waals surface area contributed by atoms with Crippen molar-refractivity contribution in [2.45, 2.75) is 54.6 Å². The van der Waals surface area contributed by atoms with E-state index in [1.165, 1.54) is 6.07 Å². The average Bonchev–Trinajstić information content (AvgIpc) is 3.90. The Kier molecular flexibility index (Phi) is 9.87. The maximum Gasteiger partial charge on any atom is 0.339 e. The van der Waals surface area contributed by atoms with Crippen molar-refractivity contribution >= 4 is 35.2 Å². The minimum Gasteiger partial charge on any atom is -0.507 e. The molecule has 1 spiro atoms. The van der Waals surface area contributed by atoms with E-state index in [-0.39, 0.29) is 16.7 Å². The minimum atomic E-state index is -2.94. The average molecular weight is 1030 g/mol. The summed E-state index contributed by atoms with van der Waals surface area (Å²) in [5.41, 5.74) is -10.8. The minimum absolute atomic E-state index is 0.0112. The number of cyclic esters (lactones) is 2. The number of aromatic hydroxyl groups is 12. The van der Waals surface area contributed by atoms with E-state index in [0.29, 0.717) is 18.2 Å². The molecule has 12 rings (SSSR count). The van der Waals surface area contributed by atoms with Crippen LogP contribution in [-0.2, 0) is 35.0 Å². The van der Waals surface area contributed by atoms with Crippen LogP contribution < -0.4 is 9.47 Å². The molecule has 5 aromatic rings. The highest BCUT2D eigenvalue weighted by atomic mass is 16.6. The van der Waals surface area contributed by atoms with Crippen LogP contribution in [0.4, 0.5) is 0 Å². The van der Waals surface area contributed by atoms with Crippen molar-refractivity contribution in [1.82, 2.24) is 0 Å². The van der Waals surface area contributed by atoms with E-state index in [1.54, 1.807) is 0 Å². The molecule has 1 fully saturated rings. The third-order valence-corrected chi connectivity index (χ3v) is 13.9. The van der Waals surface area contributed by atoms with E-state index < -0.39 is 222 Å². The number of hydrogen-bond acceptors (Lipinski definition) is 26. The van der Waals surface area contributed by atoms with Crippen molar-refractivity contribution < 1.29 is 129 Å². The van der Waals surface area contributed by atoms with Gasteiger partial charge in [-0.3, -0.25) is 9.59 Å². The SMILES string of the molecule is O=C1O[C@H]([C@@H]2OC(=O)c3cc(O)c(O)c(O)c3-c3c(cc(O)c(O)c3O)C(=O)OC[C@@H]2O)C2OC(=O)[C@H]3C(=C(O)C(=O)[C@]34Oc3cc(O)c5c(c3[C@H]24)O[C@H](c2ccc(O)c(O)c2)[C@H](O)C5)c2c1cc(O)c(O)c2O. The molecule has 26 heteroatoms. The van der Waals surface area contributed by atoms with Crippen LogP contribution >= 0.6 is 0 Å². The first kappa shape index (κ1) is 46.7. The maximum absolute atomic E-state index is 15.1. The number of hydrogen-bond donors (Lipinski definition) is 15. The van der Waals surface area contributed by atoms with E-state index in [0.717, 1.165) is 18.2 Å². The molecule has 15 N–H and O–H groups in total. The number of ketones is 1. The molecule has 0 aromatic heterocycles. The predicted molar refractivity (Wildman–Crippen MR) is 233 cm³/mol. The smallest absolute Gasteiger partial charge is 0.339 e. The zero-order chi connectivity index (χ0) is 53.0. The monoisotopic (exact) mass is 1030 g/mol. The van der Waals surface area contributed by atoms with Crippen LogP contribution in [0.15, 0.2) is 48.2 Å². The van der Waals surface area contributed by atoms with Gasteiger partial charge in [-0.1, -0.05) is 6.07 Å². The number of rotatable bonds is 2. The fourth-order valence-electron chi connectivity index (χ4n) is 10.7. The summed E-state index contributed by atoms with van der Waals surface area (Å²) in [6.45, 7) is -1.37. The van der Waals surface area contributed by atoms with E-state index >= 15 is 4.79 Å². The Labute approximate surface area is 409 Å². The lowest BCUT2D eigenvalue weighted by Crippen LogP contribution is -2.65. The molecule has 4 bridgehead atoms. The van der Waals surface area contributed by atoms with Gasteiger partial charge in [0.05, 0.1) is 28.7 Å². The highest BCUT2D eigenvalue weighted by Gasteiger charge is 2.76. The number of aliphatic hydroxyl groups excluding tert-OH is 3. The molecule has 1 unspecified atom stereocenters. The Balaban J connectivity index is 1.17. The molecule has 0 saturated carbocycles. The first-order valence-electron chi connectivity index (χ1n) is 21.7. The molecular formula is C48H34O26. The number of phenolic OH excluding ortho intramolecular Hbond substituents is 12. The van der Waals surface area contributed by atoms with Gasteiger partial charge in [-0.05, 0) is 35.9 Å². The Morgan fingerprint density at radius 2 is 1.07 bits per heavy atom. The van der Waals surface area contributed by atoms with Crippen molar-refractivity contribution in [3.8, 4) is 91.6 Å². The van der Waals surface area contributed by atoms with Gasteiger partial charge >= 0.3 is 23.9 Å². The van der Waals surface area contributed by atoms with Crippen LogP contribution in [0.25, 0.3) is 16.7 Å². The van der Waals surface area contributed by atoms with Crippen molar-refractivity contribution in [3.05, 3.63) is 87.2 Å². The zero-order valence-electron chi connectivity index (χ0n) is 36.8. The third kappa shape index (κ3) is 6.14. The van der Waals surface area contributed by atoms with Crippen molar-refractivity contribution in [3.63, 3.8) is 0 Å². The highest BCUT2D eigenvalue weighted by Crippen LogP contribution is 2.67. The molecule has 26 nitrogen and oxygen atoms in total. The van der Waals surface area contributed by atoms with Crippen molar-refractivity contribution in [2.24, 2.45) is 5.92 Å². The number of ether oxygens (including phenoxy) is 6. The number of carbonyl (C=O) groups is 5. The fraction of sp³-hybridized carbons (Fsp3) is 0.229. The predicted octanol–water partition coefficient (Wildman–Crippen LogP) is 1.46. The Morgan fingerprint density at radius 1 is 0.514 bits per heavy atom. The Bertz CT molecular complexity index is 3490. The summed E-state index contributed by atoms with van der Waals surface area (Å²) in [5.74, 6) is -29.2. The highest BCUT2D eigenvalue weighted by molar-refractivity contribution is 6.21. The van der Waals surface area contributed by atoms with Gasteiger partial charge in [0.2, 0.25) is 28.6 Å². The Morgan fingerprint density at radius 3 is 1.66 bits per heavy atom. The molecule has 9 atom stereocenters. The molecule has 0 amide bonds. The lowest BCUT2D eigenvalue weighted by Gasteiger charge is -2.47. The van der Waals surface area contributed by atoms with E-state index in [1.807, 2.05) is 0 Å². The molecule has 1 saturated heterocycles. The van der Waals surface area contributed by atoms with Gasteiger partial charge in [0.1, 0.15) is 42.0 Å². The quantitative estimate of drug-likeness (QED) is 0.0676. The van der Waals surface area contributed by atoms with Crippen LogP contribution in [-0.4, -0.2) is 149 Å². The number of phenols is 12. The summed E-state index contributed by atoms with van der Waals surface area (Å²) in [5, 5.41) is 165. The molecule has 74 heavy (non-hydrogen) atoms. The summed E-state index contributed by atoms with van der Waals surface area (Å²) in [7, 11) is 0. The molecular weight excluding hydrogens is 993 g/mol. The lowest BCUT2D eigenvalue weighted by molar-refractivity contribution is -0.200. The number of fused-ring (bicyclic) bond motifs is 9. The number of esters is 4. The number of Topliss-reactive ketones (excluding diaryl/α,β-unsaturated/α-hetero) is 1. The standard InChI is InChI=1S/C48H34O26/c49-15-2-1-10(3-17(15)51)38-21(55)4-11-16(50)8-23-27(39(11)70-38)29-41-42(73-46(67)14-7-20(54)33(59)36(62)26(14)28-30(47(68)72-41)48(29,74-23)43(64)37(28)63)40-22(56)9-69-44(65)12-5-18(52)31(57)34(60)24(12)25-13(45(66)71-40)6-19(53)32(58)35(25)61/h1-3,5-8,21-22,29-30,38,40-42,49-63H,4,9H2/t21-,22+,29-,30-,38-,40-,41?,42-,48-/m1/s1. The van der Waals surface area contributed by atoms with Gasteiger partial charge in [0.15, 0.2) is 70.1 Å². The summed E-state index contributed by atoms with van der Waals surface area (Å²) >= 11 is 0. The van der Waals surface area contributed by atoms with E-state index in [4.69, 9.17) is 28.4 Å². The first-order chi connectivity index (χ1) is 35.0. The second kappa shape index (κ2) is 15.7. The normalized spacial score (nSPS) is 26.5. The van der Waals surface area contributed by atoms with Gasteiger partial charge in [0.25, 0.3) is 0 Å². The number of aliphatic hydroxyl groups is 3. The summed E-state index contributed by atoms with van der Waals surface area (Å²) in [6, 6.07) is 5.61. The van der Waals surface area contributed by atoms with Gasteiger partial charge in [0, 0.05) is 45.9 Å². The molecule has 1 aliphatic carbocycles. The van der Waals surface area contributed by atoms with Crippen LogP contribution in [0.3, 0.4) is 0 Å². The fourth-order valence-corrected chi connectivity index (χ4v) is 10.7. The number of benzene rings is 5. The van der Waals surface area contributed by atoms with Crippen LogP contribution in [0.2, 0.25) is 0 Å². The number of carbonyl (C=O) groups excluding carboxylic acids is 5. The third-order valence-electron chi connectivity index (χ3n) is 13.9. The molecule has 7 aliphatic rings. The largest absolute Gasteiger partial charge is 0.507 e. The van der Waals surface area contributed by atoms with Crippen LogP contribution in [0.1, 0.15) is 65.3 Å². The maximum atomic E-state index is 15.1. The first-order valence-corrected chi connectivity index (χ1v) is 21.7. The molecule has 0 radical (unpaired) electrons. The molecule has 6 aliphatic heterocycles. The van der Waals surface area contributed by atoms with Gasteiger partial charge in [-0.2, -0.15) is 0 Å². The summed E-state index contributed by atoms with van der Waals surface area (Å²) in [4.78, 5) is 73.5. The molecule has 6 heterocycles. The lowest BCUT2D eigenvalue weighted by atomic mass is 9.66. The summed E-state index contributed by atoms with van der Waals surface area (Å²) in [6.07, 6.45) is -13.8. The van der Waals surface area contributed by atoms with Crippen LogP contribution in [0.5, 0.6) is 80.5 Å². The van der Waals surface area contributed by atoms with Crippen molar-refractivity contribution in [2.75, 3.05) is 6.61 Å². The summed E-state index contributed by atoms with van der Waals surface area (Å²) < 4.78 is 35.8. The van der Waals surface area contributed by atoms with Gasteiger partial charge in [-0.15, -0.1) is 0 Å². The topological polar surface area (TPSA) is 444 Å². The second-order valence-corrected chi connectivity index (χ2v) is 17.9. The van der Waals surface area contributed by atoms with E-state index in [2.05, 4.69) is 0 Å².